The van der Waals surface area contributed by atoms with Crippen molar-refractivity contribution in [3.63, 3.8) is 0 Å². The van der Waals surface area contributed by atoms with Crippen LogP contribution in [0.1, 0.15) is 74.7 Å². The molecular weight excluding hydrogens is 468 g/mol. The van der Waals surface area contributed by atoms with Crippen LogP contribution in [0, 0.1) is 40.9 Å². The Bertz CT molecular complexity index is 1420. The maximum atomic E-state index is 12.3. The summed E-state index contributed by atoms with van der Waals surface area (Å²) in [6, 6.07) is 16.6. The van der Waals surface area contributed by atoms with Crippen LogP contribution in [-0.2, 0) is 4.79 Å². The minimum Gasteiger partial charge on any atom is -0.377 e. The van der Waals surface area contributed by atoms with Crippen LogP contribution < -0.4 is 0 Å². The molecule has 0 amide bonds. The van der Waals surface area contributed by atoms with E-state index in [1.165, 1.54) is 11.1 Å². The van der Waals surface area contributed by atoms with Crippen LogP contribution in [0.5, 0.6) is 0 Å². The molecular formula is C35H36O3. The molecule has 3 heteroatoms. The summed E-state index contributed by atoms with van der Waals surface area (Å²) in [5, 5.41) is 11.9. The molecule has 0 heterocycles. The first-order valence-corrected chi connectivity index (χ1v) is 14.0. The number of carbonyl (C=O) groups excluding carboxylic acids is 2. The Hall–Kier alpha value is -3.22. The van der Waals surface area contributed by atoms with Crippen molar-refractivity contribution in [1.82, 2.24) is 0 Å². The van der Waals surface area contributed by atoms with E-state index in [1.54, 1.807) is 6.92 Å². The van der Waals surface area contributed by atoms with Gasteiger partial charge >= 0.3 is 0 Å². The molecule has 194 valence electrons. The number of allylic oxidation sites excluding steroid dienone is 4. The van der Waals surface area contributed by atoms with E-state index in [4.69, 9.17) is 0 Å². The highest BCUT2D eigenvalue weighted by atomic mass is 16.3. The highest BCUT2D eigenvalue weighted by molar-refractivity contribution is 5.95. The molecule has 2 fully saturated rings. The number of fused-ring (bicyclic) bond motifs is 5. The van der Waals surface area contributed by atoms with Gasteiger partial charge in [0, 0.05) is 17.4 Å². The molecule has 0 unspecified atom stereocenters. The van der Waals surface area contributed by atoms with E-state index in [9.17, 15) is 14.7 Å². The first-order valence-electron chi connectivity index (χ1n) is 14.0. The van der Waals surface area contributed by atoms with E-state index >= 15 is 0 Å². The lowest BCUT2D eigenvalue weighted by Crippen LogP contribution is -2.54. The summed E-state index contributed by atoms with van der Waals surface area (Å²) >= 11 is 0. The Morgan fingerprint density at radius 3 is 2.58 bits per heavy atom. The normalized spacial score (nSPS) is 35.3. The summed E-state index contributed by atoms with van der Waals surface area (Å²) in [5.74, 6) is 8.34. The van der Waals surface area contributed by atoms with E-state index in [-0.39, 0.29) is 22.9 Å². The lowest BCUT2D eigenvalue weighted by molar-refractivity contribution is -0.116. The predicted octanol–water partition coefficient (Wildman–Crippen LogP) is 6.92. The van der Waals surface area contributed by atoms with Crippen LogP contribution in [0.3, 0.4) is 0 Å². The lowest BCUT2D eigenvalue weighted by Gasteiger charge is -2.56. The lowest BCUT2D eigenvalue weighted by atomic mass is 9.48. The first-order chi connectivity index (χ1) is 18.2. The molecule has 0 spiro atoms. The van der Waals surface area contributed by atoms with E-state index in [0.717, 1.165) is 42.4 Å². The molecule has 4 aliphatic carbocycles. The summed E-state index contributed by atoms with van der Waals surface area (Å²) in [7, 11) is 0. The van der Waals surface area contributed by atoms with Crippen molar-refractivity contribution in [1.29, 1.82) is 0 Å². The smallest absolute Gasteiger partial charge is 0.159 e. The molecule has 0 bridgehead atoms. The van der Waals surface area contributed by atoms with Gasteiger partial charge in [-0.15, -0.1) is 5.92 Å². The number of Topliss-reactive ketones (excluding diaryl/α,β-unsaturated/α-hetero) is 1. The van der Waals surface area contributed by atoms with Crippen molar-refractivity contribution < 1.29 is 14.7 Å². The molecule has 1 N–H and O–H groups in total. The number of hydrogen-bond donors (Lipinski definition) is 1. The Labute approximate surface area is 226 Å². The zero-order valence-electron chi connectivity index (χ0n) is 22.5. The molecule has 2 aromatic rings. The average Bonchev–Trinajstić information content (AvgIpc) is 3.18. The molecule has 38 heavy (non-hydrogen) atoms. The number of ketones is 2. The van der Waals surface area contributed by atoms with Gasteiger partial charge in [0.05, 0.1) is 0 Å². The Morgan fingerprint density at radius 1 is 1.05 bits per heavy atom. The van der Waals surface area contributed by atoms with Crippen molar-refractivity contribution in [2.75, 3.05) is 0 Å². The molecule has 0 aliphatic heterocycles. The first kappa shape index (κ1) is 25.1. The Balaban J connectivity index is 1.43. The van der Waals surface area contributed by atoms with Crippen molar-refractivity contribution in [2.45, 2.75) is 64.4 Å². The third kappa shape index (κ3) is 3.85. The van der Waals surface area contributed by atoms with Crippen LogP contribution in [0.2, 0.25) is 0 Å². The van der Waals surface area contributed by atoms with Gasteiger partial charge in [-0.05, 0) is 104 Å². The van der Waals surface area contributed by atoms with Crippen LogP contribution in [0.25, 0.3) is 11.1 Å². The maximum Gasteiger partial charge on any atom is 0.159 e. The summed E-state index contributed by atoms with van der Waals surface area (Å²) in [4.78, 5) is 24.2. The van der Waals surface area contributed by atoms with Crippen LogP contribution in [0.4, 0.5) is 0 Å². The van der Waals surface area contributed by atoms with E-state index in [1.807, 2.05) is 37.3 Å². The number of carbonyl (C=O) groups is 2. The standard InChI is InChI=1S/C35H36O3/c1-4-17-35(38)18-16-32-30-14-12-27-20-28(37)13-15-29(27)33(30)31(21-34(32,35)3)24-10-8-23(9-11-24)26-7-5-6-25(19-26)22(2)36/h5-12,14,19-20,29-33,38H,13,15-16,18,21H2,1-3H3/t29-,30-,31+,32-,33+,34-,35-/m0/s1. The second-order valence-corrected chi connectivity index (χ2v) is 12.1. The predicted molar refractivity (Wildman–Crippen MR) is 150 cm³/mol. The van der Waals surface area contributed by atoms with E-state index in [0.29, 0.717) is 30.1 Å². The highest BCUT2D eigenvalue weighted by Gasteiger charge is 2.64. The molecule has 2 saturated carbocycles. The van der Waals surface area contributed by atoms with Crippen LogP contribution in [-0.4, -0.2) is 22.3 Å². The Morgan fingerprint density at radius 2 is 1.84 bits per heavy atom. The van der Waals surface area contributed by atoms with E-state index in [2.05, 4.69) is 55.2 Å². The number of rotatable bonds is 3. The SMILES string of the molecule is CC#C[C@]1(O)CC[C@H]2[C@@H]3C=CC4=CC(=O)CC[C@@H]4[C@H]3[C@@H](c3ccc(-c4cccc(C(C)=O)c4)cc3)C[C@@]21C. The van der Waals surface area contributed by atoms with Gasteiger partial charge in [0.1, 0.15) is 5.60 Å². The summed E-state index contributed by atoms with van der Waals surface area (Å²) in [6.07, 6.45) is 10.6. The number of hydrogen-bond acceptors (Lipinski definition) is 3. The topological polar surface area (TPSA) is 54.4 Å². The zero-order chi connectivity index (χ0) is 26.7. The molecule has 4 aliphatic rings. The molecule has 0 aromatic heterocycles. The number of benzene rings is 2. The average molecular weight is 505 g/mol. The summed E-state index contributed by atoms with van der Waals surface area (Å²) in [6.45, 7) is 5.69. The fourth-order valence-corrected chi connectivity index (χ4v) is 8.38. The minimum atomic E-state index is -0.977. The fraction of sp³-hybridized carbons (Fsp3) is 0.429. The van der Waals surface area contributed by atoms with Crippen molar-refractivity contribution in [3.8, 4) is 23.0 Å². The van der Waals surface area contributed by atoms with Crippen molar-refractivity contribution in [3.05, 3.63) is 83.5 Å². The third-order valence-electron chi connectivity index (χ3n) is 10.3. The summed E-state index contributed by atoms with van der Waals surface area (Å²) < 4.78 is 0. The zero-order valence-corrected chi connectivity index (χ0v) is 22.5. The van der Waals surface area contributed by atoms with Gasteiger partial charge in [-0.25, -0.2) is 0 Å². The van der Waals surface area contributed by atoms with Gasteiger partial charge in [0.25, 0.3) is 0 Å². The quantitative estimate of drug-likeness (QED) is 0.365. The van der Waals surface area contributed by atoms with Gasteiger partial charge in [0.2, 0.25) is 0 Å². The van der Waals surface area contributed by atoms with Gasteiger partial charge in [-0.3, -0.25) is 9.59 Å². The summed E-state index contributed by atoms with van der Waals surface area (Å²) in [5.41, 5.74) is 4.06. The van der Waals surface area contributed by atoms with Crippen molar-refractivity contribution in [2.24, 2.45) is 29.1 Å². The van der Waals surface area contributed by atoms with Gasteiger partial charge in [-0.2, -0.15) is 0 Å². The number of aliphatic hydroxyl groups is 1. The van der Waals surface area contributed by atoms with Gasteiger partial charge < -0.3 is 5.11 Å². The molecule has 0 saturated heterocycles. The second-order valence-electron chi connectivity index (χ2n) is 12.1. The fourth-order valence-electron chi connectivity index (χ4n) is 8.38. The molecule has 3 nitrogen and oxygen atoms in total. The largest absolute Gasteiger partial charge is 0.377 e. The van der Waals surface area contributed by atoms with Crippen LogP contribution in [0.15, 0.2) is 72.3 Å². The molecule has 0 radical (unpaired) electrons. The van der Waals surface area contributed by atoms with Gasteiger partial charge in [0.15, 0.2) is 11.6 Å². The minimum absolute atomic E-state index is 0.0684. The maximum absolute atomic E-state index is 12.3. The Kier molecular flexibility index (Phi) is 6.08. The second kappa shape index (κ2) is 9.21. The van der Waals surface area contributed by atoms with Crippen LogP contribution >= 0.6 is 0 Å². The molecule has 2 aromatic carbocycles. The van der Waals surface area contributed by atoms with E-state index < -0.39 is 5.60 Å². The monoisotopic (exact) mass is 504 g/mol. The van der Waals surface area contributed by atoms with Crippen molar-refractivity contribution >= 4 is 11.6 Å². The third-order valence-corrected chi connectivity index (χ3v) is 10.3. The molecule has 7 atom stereocenters. The van der Waals surface area contributed by atoms with Gasteiger partial charge in [-0.1, -0.05) is 67.5 Å². The highest BCUT2D eigenvalue weighted by Crippen LogP contribution is 2.67. The molecule has 6 rings (SSSR count).